The predicted molar refractivity (Wildman–Crippen MR) is 157 cm³/mol. The molecule has 0 radical (unpaired) electrons. The summed E-state index contributed by atoms with van der Waals surface area (Å²) >= 11 is 6.47. The lowest BCUT2D eigenvalue weighted by Crippen LogP contribution is -2.41. The van der Waals surface area contributed by atoms with E-state index in [-0.39, 0.29) is 45.9 Å². The van der Waals surface area contributed by atoms with E-state index in [1.165, 1.54) is 54.5 Å². The molecule has 0 unspecified atom stereocenters. The fourth-order valence-electron chi connectivity index (χ4n) is 5.19. The minimum Gasteiger partial charge on any atom is -0.491 e. The molecule has 2 aliphatic rings. The van der Waals surface area contributed by atoms with Crippen LogP contribution in [0.3, 0.4) is 0 Å². The van der Waals surface area contributed by atoms with Crippen molar-refractivity contribution >= 4 is 35.4 Å². The van der Waals surface area contributed by atoms with Gasteiger partial charge in [-0.3, -0.25) is 14.5 Å². The van der Waals surface area contributed by atoms with E-state index in [0.717, 1.165) is 43.9 Å². The lowest BCUT2D eigenvalue weighted by Gasteiger charge is -2.30. The Morgan fingerprint density at radius 3 is 1.91 bits per heavy atom. The fourth-order valence-corrected chi connectivity index (χ4v) is 5.43. The van der Waals surface area contributed by atoms with E-state index in [0.29, 0.717) is 12.4 Å². The molecule has 5 nitrogen and oxygen atoms in total. The van der Waals surface area contributed by atoms with Crippen molar-refractivity contribution in [2.24, 2.45) is 0 Å². The average Bonchev–Trinajstić information content (AvgIpc) is 2.99. The van der Waals surface area contributed by atoms with Gasteiger partial charge in [-0.1, -0.05) is 30.2 Å². The first kappa shape index (κ1) is 30.5. The van der Waals surface area contributed by atoms with E-state index in [9.17, 15) is 27.2 Å². The Kier molecular flexibility index (Phi) is 9.62. The third-order valence-electron chi connectivity index (χ3n) is 7.45. The third-order valence-corrected chi connectivity index (χ3v) is 7.75. The van der Waals surface area contributed by atoms with Crippen LogP contribution in [0, 0.1) is 23.3 Å². The molecule has 0 aliphatic carbocycles. The van der Waals surface area contributed by atoms with Crippen molar-refractivity contribution in [3.8, 4) is 5.75 Å². The lowest BCUT2D eigenvalue weighted by atomic mass is 9.93. The molecule has 0 spiro atoms. The molecule has 0 saturated carbocycles. The Hall–Kier alpha value is -3.95. The van der Waals surface area contributed by atoms with Gasteiger partial charge in [0.2, 0.25) is 0 Å². The van der Waals surface area contributed by atoms with Gasteiger partial charge >= 0.3 is 0 Å². The van der Waals surface area contributed by atoms with E-state index in [1.807, 2.05) is 0 Å². The number of piperidine rings is 2. The molecule has 2 heterocycles. The highest BCUT2D eigenvalue weighted by atomic mass is 35.5. The summed E-state index contributed by atoms with van der Waals surface area (Å²) in [5.74, 6) is -4.71. The normalized spacial score (nSPS) is 18.0. The second kappa shape index (κ2) is 13.6. The monoisotopic (exact) mass is 612 g/mol. The van der Waals surface area contributed by atoms with Crippen LogP contribution < -0.4 is 4.74 Å². The zero-order valence-electron chi connectivity index (χ0n) is 23.2. The molecule has 10 heteroatoms. The minimum atomic E-state index is -1.09. The first-order chi connectivity index (χ1) is 20.7. The molecule has 0 atom stereocenters. The number of ether oxygens (including phenoxy) is 1. The van der Waals surface area contributed by atoms with E-state index in [1.54, 1.807) is 12.1 Å². The Balaban J connectivity index is 1.38. The largest absolute Gasteiger partial charge is 0.491 e. The Morgan fingerprint density at radius 1 is 0.791 bits per heavy atom. The molecule has 224 valence electrons. The number of halogens is 5. The van der Waals surface area contributed by atoms with Crippen LogP contribution in [0.15, 0.2) is 65.7 Å². The predicted octanol–water partition coefficient (Wildman–Crippen LogP) is 6.95. The molecule has 43 heavy (non-hydrogen) atoms. The molecule has 0 aromatic heterocycles. The summed E-state index contributed by atoms with van der Waals surface area (Å²) in [5.41, 5.74) is 0.948. The summed E-state index contributed by atoms with van der Waals surface area (Å²) in [6.07, 6.45) is 6.34. The molecule has 5 rings (SSSR count). The maximum atomic E-state index is 13.9. The van der Waals surface area contributed by atoms with Crippen molar-refractivity contribution < 1.29 is 31.9 Å². The number of benzene rings is 3. The van der Waals surface area contributed by atoms with Crippen LogP contribution >= 0.6 is 11.6 Å². The second-order valence-electron chi connectivity index (χ2n) is 10.6. The van der Waals surface area contributed by atoms with Crippen LogP contribution in [-0.2, 0) is 4.79 Å². The number of likely N-dealkylation sites (tertiary alicyclic amines) is 2. The average molecular weight is 613 g/mol. The van der Waals surface area contributed by atoms with Gasteiger partial charge in [0.15, 0.2) is 29.1 Å². The van der Waals surface area contributed by atoms with Gasteiger partial charge in [0, 0.05) is 23.3 Å². The summed E-state index contributed by atoms with van der Waals surface area (Å²) in [6.45, 7) is 3.06. The zero-order chi connectivity index (χ0) is 30.5. The van der Waals surface area contributed by atoms with Crippen molar-refractivity contribution in [3.05, 3.63) is 111 Å². The molecular weight excluding hydrogens is 584 g/mol. The Bertz CT molecular complexity index is 1530. The number of hydrogen-bond donors (Lipinski definition) is 0. The van der Waals surface area contributed by atoms with Crippen LogP contribution in [0.25, 0.3) is 12.2 Å². The first-order valence-electron chi connectivity index (χ1n) is 14.0. The number of nitrogens with zero attached hydrogens (tertiary/aromatic N) is 2. The van der Waals surface area contributed by atoms with E-state index < -0.39 is 35.0 Å². The van der Waals surface area contributed by atoms with Crippen molar-refractivity contribution in [1.29, 1.82) is 0 Å². The van der Waals surface area contributed by atoms with Gasteiger partial charge in [0.1, 0.15) is 12.4 Å². The van der Waals surface area contributed by atoms with Crippen LogP contribution in [0.2, 0.25) is 5.02 Å². The number of rotatable bonds is 7. The molecule has 2 fully saturated rings. The van der Waals surface area contributed by atoms with Gasteiger partial charge < -0.3 is 9.64 Å². The number of hydrogen-bond acceptors (Lipinski definition) is 4. The summed E-state index contributed by atoms with van der Waals surface area (Å²) in [6, 6.07) is 11.1. The van der Waals surface area contributed by atoms with Crippen LogP contribution in [-0.4, -0.2) is 60.8 Å². The summed E-state index contributed by atoms with van der Waals surface area (Å²) in [7, 11) is 0. The van der Waals surface area contributed by atoms with E-state index in [4.69, 9.17) is 16.3 Å². The van der Waals surface area contributed by atoms with Crippen LogP contribution in [0.4, 0.5) is 17.6 Å². The molecule has 3 aromatic carbocycles. The smallest absolute Gasteiger partial charge is 0.254 e. The SMILES string of the molecule is O=C1/C(=C\c2ccc(F)c(F)c2)CN(C(=O)c2ccc(OCCN3CCCCC3)c(Cl)c2)C/C1=C\c1ccc(F)c(F)c1. The quantitative estimate of drug-likeness (QED) is 0.214. The number of Topliss-reactive ketones (excluding diaryl/α,β-unsaturated/α-hetero) is 1. The molecule has 3 aromatic rings. The molecule has 1 amide bonds. The number of carbonyl (C=O) groups excluding carboxylic acids is 2. The highest BCUT2D eigenvalue weighted by Gasteiger charge is 2.30. The zero-order valence-corrected chi connectivity index (χ0v) is 24.0. The Morgan fingerprint density at radius 2 is 1.37 bits per heavy atom. The molecule has 0 bridgehead atoms. The molecule has 2 aliphatic heterocycles. The van der Waals surface area contributed by atoms with Gasteiger partial charge in [-0.25, -0.2) is 17.6 Å². The molecular formula is C33H29ClF4N2O3. The maximum absolute atomic E-state index is 13.9. The fraction of sp³-hybridized carbons (Fsp3) is 0.273. The maximum Gasteiger partial charge on any atom is 0.254 e. The van der Waals surface area contributed by atoms with Crippen LogP contribution in [0.1, 0.15) is 40.7 Å². The second-order valence-corrected chi connectivity index (χ2v) is 11.0. The highest BCUT2D eigenvalue weighted by Crippen LogP contribution is 2.29. The Labute approximate surface area is 252 Å². The first-order valence-corrected chi connectivity index (χ1v) is 14.4. The van der Waals surface area contributed by atoms with E-state index >= 15 is 0 Å². The molecule has 0 N–H and O–H groups in total. The van der Waals surface area contributed by atoms with Crippen LogP contribution in [0.5, 0.6) is 5.75 Å². The summed E-state index contributed by atoms with van der Waals surface area (Å²) < 4.78 is 60.6. The number of ketones is 1. The number of amides is 1. The standard InChI is InChI=1S/C33H29ClF4N2O3/c34-26-18-23(6-9-31(26)43-13-12-39-10-2-1-3-11-39)33(42)40-19-24(14-21-4-7-27(35)29(37)16-21)32(41)25(20-40)15-22-5-8-28(36)30(38)17-22/h4-9,14-18H,1-3,10-13,19-20H2/b24-14-,25-15+. The minimum absolute atomic E-state index is 0.127. The lowest BCUT2D eigenvalue weighted by molar-refractivity contribution is -0.113. The van der Waals surface area contributed by atoms with E-state index in [2.05, 4.69) is 4.90 Å². The van der Waals surface area contributed by atoms with Gasteiger partial charge in [-0.2, -0.15) is 0 Å². The van der Waals surface area contributed by atoms with Crippen molar-refractivity contribution in [1.82, 2.24) is 9.80 Å². The van der Waals surface area contributed by atoms with Crippen molar-refractivity contribution in [2.45, 2.75) is 19.3 Å². The summed E-state index contributed by atoms with van der Waals surface area (Å²) in [5, 5.41) is 0.257. The van der Waals surface area contributed by atoms with Gasteiger partial charge in [-0.15, -0.1) is 0 Å². The highest BCUT2D eigenvalue weighted by molar-refractivity contribution is 6.32. The summed E-state index contributed by atoms with van der Waals surface area (Å²) in [4.78, 5) is 30.8. The van der Waals surface area contributed by atoms with Crippen molar-refractivity contribution in [3.63, 3.8) is 0 Å². The van der Waals surface area contributed by atoms with Gasteiger partial charge in [0.25, 0.3) is 5.91 Å². The number of carbonyl (C=O) groups is 2. The van der Waals surface area contributed by atoms with Gasteiger partial charge in [-0.05, 0) is 91.7 Å². The topological polar surface area (TPSA) is 49.9 Å². The molecule has 2 saturated heterocycles. The third kappa shape index (κ3) is 7.53. The van der Waals surface area contributed by atoms with Crippen molar-refractivity contribution in [2.75, 3.05) is 39.3 Å². The van der Waals surface area contributed by atoms with Gasteiger partial charge in [0.05, 0.1) is 18.1 Å².